The lowest BCUT2D eigenvalue weighted by atomic mass is 10.2. The van der Waals surface area contributed by atoms with Crippen molar-refractivity contribution in [3.63, 3.8) is 0 Å². The summed E-state index contributed by atoms with van der Waals surface area (Å²) in [6.07, 6.45) is 1.76. The van der Waals surface area contributed by atoms with Gasteiger partial charge in [-0.2, -0.15) is 0 Å². The Bertz CT molecular complexity index is 1090. The molecule has 0 aliphatic carbocycles. The van der Waals surface area contributed by atoms with Crippen LogP contribution in [-0.2, 0) is 10.0 Å². The first-order valence-corrected chi connectivity index (χ1v) is 12.4. The first-order valence-electron chi connectivity index (χ1n) is 10.1. The van der Waals surface area contributed by atoms with Crippen LogP contribution in [0.1, 0.15) is 12.8 Å². The van der Waals surface area contributed by atoms with E-state index >= 15 is 0 Å². The summed E-state index contributed by atoms with van der Waals surface area (Å²) in [5, 5.41) is 5.31. The number of nitrogens with one attached hydrogen (secondary N) is 1. The zero-order valence-electron chi connectivity index (χ0n) is 16.6. The van der Waals surface area contributed by atoms with Gasteiger partial charge in [0.25, 0.3) is 0 Å². The Morgan fingerprint density at radius 3 is 2.63 bits per heavy atom. The molecular formula is C21H25BrN4O3S. The number of anilines is 1. The van der Waals surface area contributed by atoms with Crippen molar-refractivity contribution in [2.24, 2.45) is 0 Å². The Hall–Kier alpha value is -1.94. The third kappa shape index (κ3) is 5.03. The second kappa shape index (κ2) is 9.47. The zero-order chi connectivity index (χ0) is 21.0. The molecule has 4 rings (SSSR count). The van der Waals surface area contributed by atoms with E-state index < -0.39 is 10.0 Å². The summed E-state index contributed by atoms with van der Waals surface area (Å²) in [6, 6.07) is 14.7. The summed E-state index contributed by atoms with van der Waals surface area (Å²) >= 11 is 3.31. The summed E-state index contributed by atoms with van der Waals surface area (Å²) in [5.41, 5.74) is 0.820. The van der Waals surface area contributed by atoms with E-state index in [0.717, 1.165) is 66.8 Å². The number of hydrogen-bond acceptors (Lipinski definition) is 6. The van der Waals surface area contributed by atoms with Gasteiger partial charge < -0.3 is 9.42 Å². The number of halogens is 1. The van der Waals surface area contributed by atoms with Gasteiger partial charge in [-0.1, -0.05) is 39.3 Å². The number of para-hydroxylation sites is 1. The first kappa shape index (κ1) is 21.3. The fourth-order valence-electron chi connectivity index (χ4n) is 3.67. The molecule has 0 radical (unpaired) electrons. The second-order valence-electron chi connectivity index (χ2n) is 7.39. The van der Waals surface area contributed by atoms with Crippen molar-refractivity contribution in [3.8, 4) is 0 Å². The molecule has 2 aromatic carbocycles. The second-order valence-corrected chi connectivity index (χ2v) is 10.1. The van der Waals surface area contributed by atoms with E-state index in [1.165, 1.54) is 0 Å². The number of nitrogens with zero attached hydrogens (tertiary/aromatic N) is 3. The Kier molecular flexibility index (Phi) is 6.72. The van der Waals surface area contributed by atoms with Crippen LogP contribution in [0.4, 0.5) is 5.82 Å². The van der Waals surface area contributed by atoms with Crippen molar-refractivity contribution in [1.29, 1.82) is 0 Å². The first-order chi connectivity index (χ1) is 14.5. The van der Waals surface area contributed by atoms with Crippen molar-refractivity contribution in [3.05, 3.63) is 53.0 Å². The van der Waals surface area contributed by atoms with Crippen LogP contribution in [0.3, 0.4) is 0 Å². The van der Waals surface area contributed by atoms with E-state index in [2.05, 4.69) is 35.6 Å². The van der Waals surface area contributed by atoms with Gasteiger partial charge in [0.05, 0.1) is 10.3 Å². The van der Waals surface area contributed by atoms with E-state index in [1.807, 2.05) is 30.3 Å². The van der Waals surface area contributed by atoms with Gasteiger partial charge in [-0.25, -0.2) is 13.1 Å². The molecule has 3 aromatic rings. The molecule has 30 heavy (non-hydrogen) atoms. The summed E-state index contributed by atoms with van der Waals surface area (Å²) in [6.45, 7) is 5.15. The molecule has 0 bridgehead atoms. The zero-order valence-corrected chi connectivity index (χ0v) is 19.0. The number of sulfonamides is 1. The number of rotatable bonds is 8. The van der Waals surface area contributed by atoms with Gasteiger partial charge in [0, 0.05) is 37.2 Å². The van der Waals surface area contributed by atoms with Gasteiger partial charge in [0.2, 0.25) is 10.0 Å². The molecule has 1 aliphatic heterocycles. The predicted molar refractivity (Wildman–Crippen MR) is 121 cm³/mol. The lowest BCUT2D eigenvalue weighted by Crippen LogP contribution is -2.46. The highest BCUT2D eigenvalue weighted by molar-refractivity contribution is 9.10. The third-order valence-electron chi connectivity index (χ3n) is 5.33. The van der Waals surface area contributed by atoms with Crippen LogP contribution in [-0.4, -0.2) is 57.7 Å². The van der Waals surface area contributed by atoms with E-state index in [-0.39, 0.29) is 4.90 Å². The smallest absolute Gasteiger partial charge is 0.240 e. The number of aromatic nitrogens is 1. The molecule has 7 nitrogen and oxygen atoms in total. The van der Waals surface area contributed by atoms with Gasteiger partial charge in [0.1, 0.15) is 0 Å². The maximum absolute atomic E-state index is 12.3. The number of piperazine rings is 1. The van der Waals surface area contributed by atoms with Crippen LogP contribution < -0.4 is 9.62 Å². The number of unbranched alkanes of at least 4 members (excludes halogenated alkanes) is 1. The molecule has 0 unspecified atom stereocenters. The summed E-state index contributed by atoms with van der Waals surface area (Å²) in [7, 11) is -3.45. The van der Waals surface area contributed by atoms with Gasteiger partial charge in [-0.05, 0) is 49.7 Å². The maximum Gasteiger partial charge on any atom is 0.240 e. The number of hydrogen-bond donors (Lipinski definition) is 1. The molecule has 1 N–H and O–H groups in total. The van der Waals surface area contributed by atoms with Crippen molar-refractivity contribution in [1.82, 2.24) is 14.8 Å². The van der Waals surface area contributed by atoms with Crippen molar-refractivity contribution >= 4 is 42.7 Å². The summed E-state index contributed by atoms with van der Waals surface area (Å²) < 4.78 is 33.5. The molecular weight excluding hydrogens is 468 g/mol. The van der Waals surface area contributed by atoms with Crippen molar-refractivity contribution in [2.45, 2.75) is 17.7 Å². The molecule has 0 amide bonds. The molecule has 1 saturated heterocycles. The molecule has 1 aliphatic rings. The Balaban J connectivity index is 1.18. The fraction of sp³-hybridized carbons (Fsp3) is 0.381. The maximum atomic E-state index is 12.3. The molecule has 0 saturated carbocycles. The largest absolute Gasteiger partial charge is 0.354 e. The van der Waals surface area contributed by atoms with Gasteiger partial charge in [-0.3, -0.25) is 4.90 Å². The minimum atomic E-state index is -3.45. The molecule has 0 atom stereocenters. The van der Waals surface area contributed by atoms with Crippen LogP contribution in [0.15, 0.2) is 62.4 Å². The summed E-state index contributed by atoms with van der Waals surface area (Å²) in [4.78, 5) is 4.98. The van der Waals surface area contributed by atoms with Crippen molar-refractivity contribution < 1.29 is 12.9 Å². The molecule has 1 aromatic heterocycles. The summed E-state index contributed by atoms with van der Waals surface area (Å²) in [5.74, 6) is 0.923. The highest BCUT2D eigenvalue weighted by Crippen LogP contribution is 2.26. The highest BCUT2D eigenvalue weighted by atomic mass is 79.9. The minimum absolute atomic E-state index is 0.286. The predicted octanol–water partition coefficient (Wildman–Crippen LogP) is 3.47. The van der Waals surface area contributed by atoms with Crippen LogP contribution in [0, 0.1) is 0 Å². The van der Waals surface area contributed by atoms with Gasteiger partial charge in [-0.15, -0.1) is 0 Å². The topological polar surface area (TPSA) is 78.7 Å². The molecule has 0 spiro atoms. The van der Waals surface area contributed by atoms with Crippen LogP contribution in [0.5, 0.6) is 0 Å². The van der Waals surface area contributed by atoms with Crippen LogP contribution in [0.25, 0.3) is 11.0 Å². The van der Waals surface area contributed by atoms with E-state index in [1.54, 1.807) is 18.2 Å². The van der Waals surface area contributed by atoms with Crippen LogP contribution >= 0.6 is 15.9 Å². The van der Waals surface area contributed by atoms with Crippen molar-refractivity contribution in [2.75, 3.05) is 44.2 Å². The Morgan fingerprint density at radius 1 is 1.03 bits per heavy atom. The molecule has 2 heterocycles. The normalized spacial score (nSPS) is 15.7. The minimum Gasteiger partial charge on any atom is -0.354 e. The van der Waals surface area contributed by atoms with Gasteiger partial charge >= 0.3 is 0 Å². The molecule has 1 fully saturated rings. The fourth-order valence-corrected chi connectivity index (χ4v) is 5.34. The highest BCUT2D eigenvalue weighted by Gasteiger charge is 2.21. The van der Waals surface area contributed by atoms with E-state index in [4.69, 9.17) is 4.52 Å². The average Bonchev–Trinajstić information content (AvgIpc) is 3.18. The SMILES string of the molecule is O=S(=O)(NCCCCN1CCN(c2noc3ccccc23)CC1)c1cccc(Br)c1. The number of benzene rings is 2. The average molecular weight is 493 g/mol. The van der Waals surface area contributed by atoms with E-state index in [0.29, 0.717) is 6.54 Å². The Labute approximate surface area is 185 Å². The van der Waals surface area contributed by atoms with E-state index in [9.17, 15) is 8.42 Å². The Morgan fingerprint density at radius 2 is 1.83 bits per heavy atom. The number of fused-ring (bicyclic) bond motifs is 1. The quantitative estimate of drug-likeness (QED) is 0.485. The van der Waals surface area contributed by atoms with Gasteiger partial charge in [0.15, 0.2) is 11.4 Å². The lowest BCUT2D eigenvalue weighted by molar-refractivity contribution is 0.252. The molecule has 9 heteroatoms. The third-order valence-corrected chi connectivity index (χ3v) is 7.28. The standard InChI is InChI=1S/C21H25BrN4O3S/c22-17-6-5-7-18(16-17)30(27,28)23-10-3-4-11-25-12-14-26(15-13-25)21-19-8-1-2-9-20(19)29-24-21/h1-2,5-9,16,23H,3-4,10-15H2. The monoisotopic (exact) mass is 492 g/mol. The van der Waals surface area contributed by atoms with Crippen LogP contribution in [0.2, 0.25) is 0 Å². The molecule has 160 valence electrons. The lowest BCUT2D eigenvalue weighted by Gasteiger charge is -2.34.